The lowest BCUT2D eigenvalue weighted by Gasteiger charge is -2.22. The van der Waals surface area contributed by atoms with E-state index in [1.54, 1.807) is 23.1 Å². The largest absolute Gasteiger partial charge is 0.343 e. The van der Waals surface area contributed by atoms with Crippen molar-refractivity contribution in [3.8, 4) is 0 Å². The van der Waals surface area contributed by atoms with Gasteiger partial charge in [0, 0.05) is 17.6 Å². The lowest BCUT2D eigenvalue weighted by Crippen LogP contribution is -2.40. The number of rotatable bonds is 7. The zero-order valence-corrected chi connectivity index (χ0v) is 15.3. The monoisotopic (exact) mass is 388 g/mol. The Bertz CT molecular complexity index is 689. The summed E-state index contributed by atoms with van der Waals surface area (Å²) in [6.45, 7) is 3.25. The van der Waals surface area contributed by atoms with Crippen LogP contribution in [0.15, 0.2) is 59.1 Å². The van der Waals surface area contributed by atoms with Gasteiger partial charge in [-0.1, -0.05) is 49.4 Å². The van der Waals surface area contributed by atoms with Crippen LogP contribution in [0.5, 0.6) is 0 Å². The first kappa shape index (κ1) is 18.2. The maximum Gasteiger partial charge on any atom is 0.252 e. The second kappa shape index (κ2) is 9.23. The molecule has 0 unspecified atom stereocenters. The fraction of sp³-hybridized carbons (Fsp3) is 0.263. The Morgan fingerprint density at radius 1 is 1.04 bits per heavy atom. The molecule has 1 N–H and O–H groups in total. The molecular formula is C19H21BrN2O2. The Hall–Kier alpha value is -2.14. The SMILES string of the molecule is CCCN(Cc1ccccc1)C(=O)CNC(=O)c1ccccc1Br. The van der Waals surface area contributed by atoms with Crippen molar-refractivity contribution in [1.82, 2.24) is 10.2 Å². The molecule has 5 heteroatoms. The third-order valence-electron chi connectivity index (χ3n) is 3.58. The van der Waals surface area contributed by atoms with Crippen LogP contribution in [0.25, 0.3) is 0 Å². The van der Waals surface area contributed by atoms with Crippen molar-refractivity contribution in [2.75, 3.05) is 13.1 Å². The van der Waals surface area contributed by atoms with Crippen molar-refractivity contribution in [3.63, 3.8) is 0 Å². The molecule has 0 fully saturated rings. The quantitative estimate of drug-likeness (QED) is 0.787. The number of halogens is 1. The minimum atomic E-state index is -0.257. The second-order valence-corrected chi connectivity index (χ2v) is 6.32. The van der Waals surface area contributed by atoms with Crippen molar-refractivity contribution in [2.24, 2.45) is 0 Å². The van der Waals surface area contributed by atoms with E-state index in [-0.39, 0.29) is 18.4 Å². The number of hydrogen-bond acceptors (Lipinski definition) is 2. The van der Waals surface area contributed by atoms with Gasteiger partial charge >= 0.3 is 0 Å². The van der Waals surface area contributed by atoms with Gasteiger partial charge in [0.2, 0.25) is 5.91 Å². The number of carbonyl (C=O) groups is 2. The Morgan fingerprint density at radius 3 is 2.38 bits per heavy atom. The maximum absolute atomic E-state index is 12.5. The Morgan fingerprint density at radius 2 is 1.71 bits per heavy atom. The molecule has 2 aromatic rings. The van der Waals surface area contributed by atoms with E-state index in [0.29, 0.717) is 23.1 Å². The lowest BCUT2D eigenvalue weighted by molar-refractivity contribution is -0.130. The Labute approximate surface area is 151 Å². The highest BCUT2D eigenvalue weighted by Crippen LogP contribution is 2.15. The zero-order chi connectivity index (χ0) is 17.4. The van der Waals surface area contributed by atoms with Gasteiger partial charge in [0.25, 0.3) is 5.91 Å². The molecule has 0 saturated carbocycles. The average molecular weight is 389 g/mol. The molecule has 2 aromatic carbocycles. The van der Waals surface area contributed by atoms with Crippen LogP contribution in [0, 0.1) is 0 Å². The summed E-state index contributed by atoms with van der Waals surface area (Å²) in [5, 5.41) is 2.70. The molecule has 0 saturated heterocycles. The van der Waals surface area contributed by atoms with Crippen molar-refractivity contribution in [1.29, 1.82) is 0 Å². The first-order valence-corrected chi connectivity index (χ1v) is 8.75. The van der Waals surface area contributed by atoms with Gasteiger partial charge in [0.1, 0.15) is 0 Å². The summed E-state index contributed by atoms with van der Waals surface area (Å²) >= 11 is 3.35. The van der Waals surface area contributed by atoms with Gasteiger partial charge in [0.05, 0.1) is 12.1 Å². The number of nitrogens with one attached hydrogen (secondary N) is 1. The van der Waals surface area contributed by atoms with Crippen LogP contribution in [0.3, 0.4) is 0 Å². The zero-order valence-electron chi connectivity index (χ0n) is 13.7. The van der Waals surface area contributed by atoms with Crippen molar-refractivity contribution < 1.29 is 9.59 Å². The molecule has 4 nitrogen and oxygen atoms in total. The predicted octanol–water partition coefficient (Wildman–Crippen LogP) is 3.62. The first-order valence-electron chi connectivity index (χ1n) is 7.96. The molecule has 0 aromatic heterocycles. The number of benzene rings is 2. The van der Waals surface area contributed by atoms with Crippen LogP contribution in [0.2, 0.25) is 0 Å². The van der Waals surface area contributed by atoms with Gasteiger partial charge in [-0.05, 0) is 40.0 Å². The van der Waals surface area contributed by atoms with E-state index in [9.17, 15) is 9.59 Å². The molecule has 0 aliphatic rings. The van der Waals surface area contributed by atoms with Crippen LogP contribution in [0.1, 0.15) is 29.3 Å². The van der Waals surface area contributed by atoms with Crippen LogP contribution in [-0.2, 0) is 11.3 Å². The minimum absolute atomic E-state index is 0.00694. The molecule has 0 atom stereocenters. The first-order chi connectivity index (χ1) is 11.6. The molecule has 0 spiro atoms. The van der Waals surface area contributed by atoms with Gasteiger partial charge in [0.15, 0.2) is 0 Å². The minimum Gasteiger partial charge on any atom is -0.343 e. The van der Waals surface area contributed by atoms with E-state index in [0.717, 1.165) is 12.0 Å². The molecule has 126 valence electrons. The molecule has 0 bridgehead atoms. The summed E-state index contributed by atoms with van der Waals surface area (Å²) in [5.41, 5.74) is 1.60. The van der Waals surface area contributed by atoms with E-state index < -0.39 is 0 Å². The van der Waals surface area contributed by atoms with Gasteiger partial charge in [-0.15, -0.1) is 0 Å². The normalized spacial score (nSPS) is 10.2. The molecule has 0 aliphatic heterocycles. The molecule has 24 heavy (non-hydrogen) atoms. The van der Waals surface area contributed by atoms with Crippen LogP contribution in [-0.4, -0.2) is 29.8 Å². The van der Waals surface area contributed by atoms with E-state index in [4.69, 9.17) is 0 Å². The van der Waals surface area contributed by atoms with Gasteiger partial charge in [-0.2, -0.15) is 0 Å². The molecular weight excluding hydrogens is 368 g/mol. The third kappa shape index (κ3) is 5.20. The smallest absolute Gasteiger partial charge is 0.252 e. The molecule has 2 rings (SSSR count). The van der Waals surface area contributed by atoms with Crippen LogP contribution >= 0.6 is 15.9 Å². The highest BCUT2D eigenvalue weighted by molar-refractivity contribution is 9.10. The molecule has 2 amide bonds. The van der Waals surface area contributed by atoms with E-state index >= 15 is 0 Å². The number of carbonyl (C=O) groups excluding carboxylic acids is 2. The summed E-state index contributed by atoms with van der Waals surface area (Å²) in [5.74, 6) is -0.340. The van der Waals surface area contributed by atoms with Crippen LogP contribution < -0.4 is 5.32 Å². The van der Waals surface area contributed by atoms with E-state index in [1.807, 2.05) is 43.3 Å². The summed E-state index contributed by atoms with van der Waals surface area (Å²) in [4.78, 5) is 26.4. The third-order valence-corrected chi connectivity index (χ3v) is 4.27. The van der Waals surface area contributed by atoms with Gasteiger partial charge in [-0.25, -0.2) is 0 Å². The van der Waals surface area contributed by atoms with E-state index in [1.165, 1.54) is 0 Å². The Balaban J connectivity index is 1.95. The van der Waals surface area contributed by atoms with Gasteiger partial charge < -0.3 is 10.2 Å². The van der Waals surface area contributed by atoms with Crippen molar-refractivity contribution in [2.45, 2.75) is 19.9 Å². The molecule has 0 heterocycles. The summed E-state index contributed by atoms with van der Waals surface area (Å²) < 4.78 is 0.713. The fourth-order valence-electron chi connectivity index (χ4n) is 2.37. The number of amides is 2. The van der Waals surface area contributed by atoms with Crippen LogP contribution in [0.4, 0.5) is 0 Å². The Kier molecular flexibility index (Phi) is 7.00. The molecule has 0 radical (unpaired) electrons. The fourth-order valence-corrected chi connectivity index (χ4v) is 2.84. The lowest BCUT2D eigenvalue weighted by atomic mass is 10.2. The average Bonchev–Trinajstić information content (AvgIpc) is 2.60. The standard InChI is InChI=1S/C19H21BrN2O2/c1-2-12-22(14-15-8-4-3-5-9-15)18(23)13-21-19(24)16-10-6-7-11-17(16)20/h3-11H,2,12-14H2,1H3,(H,21,24). The highest BCUT2D eigenvalue weighted by atomic mass is 79.9. The van der Waals surface area contributed by atoms with Crippen molar-refractivity contribution >= 4 is 27.7 Å². The topological polar surface area (TPSA) is 49.4 Å². The summed E-state index contributed by atoms with van der Waals surface area (Å²) in [6.07, 6.45) is 0.872. The summed E-state index contributed by atoms with van der Waals surface area (Å²) in [6, 6.07) is 17.0. The maximum atomic E-state index is 12.5. The van der Waals surface area contributed by atoms with Gasteiger partial charge in [-0.3, -0.25) is 9.59 Å². The molecule has 0 aliphatic carbocycles. The highest BCUT2D eigenvalue weighted by Gasteiger charge is 2.15. The number of nitrogens with zero attached hydrogens (tertiary/aromatic N) is 1. The second-order valence-electron chi connectivity index (χ2n) is 5.46. The summed E-state index contributed by atoms with van der Waals surface area (Å²) in [7, 11) is 0. The number of hydrogen-bond donors (Lipinski definition) is 1. The predicted molar refractivity (Wildman–Crippen MR) is 98.6 cm³/mol. The van der Waals surface area contributed by atoms with Crippen molar-refractivity contribution in [3.05, 3.63) is 70.2 Å². The van der Waals surface area contributed by atoms with E-state index in [2.05, 4.69) is 21.2 Å².